The van der Waals surface area contributed by atoms with Crippen LogP contribution in [0.5, 0.6) is 0 Å². The number of benzene rings is 1. The van der Waals surface area contributed by atoms with E-state index in [0.29, 0.717) is 6.04 Å². The second kappa shape index (κ2) is 5.41. The number of H-pyrrole nitrogens is 1. The quantitative estimate of drug-likeness (QED) is 0.870. The number of hydrogen-bond donors (Lipinski definition) is 2. The molecule has 2 heterocycles. The third-order valence-electron chi connectivity index (χ3n) is 4.37. The largest absolute Gasteiger partial charge is 0.341 e. The van der Waals surface area contributed by atoms with Crippen LogP contribution in [0.4, 0.5) is 0 Å². The summed E-state index contributed by atoms with van der Waals surface area (Å²) in [7, 11) is 0. The molecule has 0 aliphatic carbocycles. The second-order valence-corrected chi connectivity index (χ2v) is 5.94. The van der Waals surface area contributed by atoms with Gasteiger partial charge in [0.15, 0.2) is 0 Å². The maximum atomic E-state index is 4.59. The third kappa shape index (κ3) is 2.50. The van der Waals surface area contributed by atoms with E-state index in [4.69, 9.17) is 0 Å². The first kappa shape index (κ1) is 13.4. The average molecular weight is 269 g/mol. The topological polar surface area (TPSA) is 40.7 Å². The zero-order valence-electron chi connectivity index (χ0n) is 12.6. The van der Waals surface area contributed by atoms with E-state index in [9.17, 15) is 0 Å². The molecule has 0 spiro atoms. The van der Waals surface area contributed by atoms with E-state index in [0.717, 1.165) is 18.1 Å². The van der Waals surface area contributed by atoms with E-state index in [2.05, 4.69) is 48.2 Å². The first-order valence-electron chi connectivity index (χ1n) is 7.51. The highest BCUT2D eigenvalue weighted by atomic mass is 15.0. The van der Waals surface area contributed by atoms with Crippen molar-refractivity contribution in [2.45, 2.75) is 46.1 Å². The van der Waals surface area contributed by atoms with E-state index in [1.165, 1.54) is 41.5 Å². The van der Waals surface area contributed by atoms with Crippen LogP contribution in [0, 0.1) is 20.8 Å². The average Bonchev–Trinajstić information content (AvgIpc) is 2.93. The number of aromatic nitrogens is 2. The van der Waals surface area contributed by atoms with Gasteiger partial charge in [-0.05, 0) is 62.9 Å². The van der Waals surface area contributed by atoms with Crippen LogP contribution in [-0.2, 0) is 0 Å². The molecule has 3 rings (SSSR count). The van der Waals surface area contributed by atoms with Crippen molar-refractivity contribution in [1.82, 2.24) is 15.3 Å². The number of aromatic amines is 1. The van der Waals surface area contributed by atoms with Crippen molar-refractivity contribution >= 4 is 0 Å². The lowest BCUT2D eigenvalue weighted by Gasteiger charge is -2.21. The number of rotatable bonds is 2. The Hall–Kier alpha value is -1.61. The molecule has 0 bridgehead atoms. The summed E-state index contributed by atoms with van der Waals surface area (Å²) in [4.78, 5) is 8.10. The Morgan fingerprint density at radius 2 is 1.85 bits per heavy atom. The summed E-state index contributed by atoms with van der Waals surface area (Å²) in [6, 6.07) is 4.91. The molecule has 1 atom stereocenters. The number of aryl methyl sites for hydroxylation is 3. The zero-order chi connectivity index (χ0) is 14.1. The van der Waals surface area contributed by atoms with Crippen LogP contribution in [0.2, 0.25) is 0 Å². The van der Waals surface area contributed by atoms with Crippen LogP contribution >= 0.6 is 0 Å². The molecule has 1 aliphatic rings. The van der Waals surface area contributed by atoms with E-state index < -0.39 is 0 Å². The van der Waals surface area contributed by atoms with Crippen LogP contribution in [0.15, 0.2) is 18.3 Å². The van der Waals surface area contributed by atoms with Gasteiger partial charge in [-0.3, -0.25) is 0 Å². The lowest BCUT2D eigenvalue weighted by atomic mass is 9.99. The van der Waals surface area contributed by atoms with Crippen molar-refractivity contribution in [1.29, 1.82) is 0 Å². The molecule has 2 aromatic rings. The molecule has 1 fully saturated rings. The first-order chi connectivity index (χ1) is 9.65. The Labute approximate surface area is 120 Å². The highest BCUT2D eigenvalue weighted by molar-refractivity contribution is 5.65. The zero-order valence-corrected chi connectivity index (χ0v) is 12.6. The highest BCUT2D eigenvalue weighted by Crippen LogP contribution is 2.27. The van der Waals surface area contributed by atoms with Crippen molar-refractivity contribution in [3.63, 3.8) is 0 Å². The fraction of sp³-hybridized carbons (Fsp3) is 0.471. The van der Waals surface area contributed by atoms with Crippen molar-refractivity contribution in [2.75, 3.05) is 6.54 Å². The summed E-state index contributed by atoms with van der Waals surface area (Å²) in [6.45, 7) is 7.60. The summed E-state index contributed by atoms with van der Waals surface area (Å²) in [6.07, 6.45) is 5.72. The van der Waals surface area contributed by atoms with E-state index in [1.54, 1.807) is 0 Å². The van der Waals surface area contributed by atoms with Gasteiger partial charge in [0.05, 0.1) is 17.9 Å². The molecule has 1 aromatic carbocycles. The van der Waals surface area contributed by atoms with Crippen LogP contribution in [0.25, 0.3) is 11.3 Å². The maximum absolute atomic E-state index is 4.59. The third-order valence-corrected chi connectivity index (χ3v) is 4.37. The second-order valence-electron chi connectivity index (χ2n) is 5.94. The van der Waals surface area contributed by atoms with Crippen molar-refractivity contribution in [2.24, 2.45) is 0 Å². The number of nitrogens with one attached hydrogen (secondary N) is 2. The van der Waals surface area contributed by atoms with Gasteiger partial charge in [-0.15, -0.1) is 0 Å². The molecule has 0 saturated carbocycles. The Bertz CT molecular complexity index is 607. The van der Waals surface area contributed by atoms with Gasteiger partial charge in [0.2, 0.25) is 0 Å². The summed E-state index contributed by atoms with van der Waals surface area (Å²) >= 11 is 0. The van der Waals surface area contributed by atoms with E-state index >= 15 is 0 Å². The van der Waals surface area contributed by atoms with Gasteiger partial charge in [0, 0.05) is 5.56 Å². The molecule has 1 aromatic heterocycles. The molecule has 0 radical (unpaired) electrons. The van der Waals surface area contributed by atoms with Crippen molar-refractivity contribution < 1.29 is 0 Å². The maximum Gasteiger partial charge on any atom is 0.123 e. The lowest BCUT2D eigenvalue weighted by Crippen LogP contribution is -2.27. The first-order valence-corrected chi connectivity index (χ1v) is 7.51. The molecule has 3 heteroatoms. The van der Waals surface area contributed by atoms with Gasteiger partial charge in [0.1, 0.15) is 5.82 Å². The molecule has 2 N–H and O–H groups in total. The highest BCUT2D eigenvalue weighted by Gasteiger charge is 2.18. The van der Waals surface area contributed by atoms with Gasteiger partial charge in [-0.1, -0.05) is 12.5 Å². The molecule has 1 aliphatic heterocycles. The molecule has 1 saturated heterocycles. The molecule has 20 heavy (non-hydrogen) atoms. The number of nitrogens with zero attached hydrogens (tertiary/aromatic N) is 1. The minimum atomic E-state index is 0.393. The Morgan fingerprint density at radius 3 is 2.60 bits per heavy atom. The summed E-state index contributed by atoms with van der Waals surface area (Å²) in [5.74, 6) is 1.08. The fourth-order valence-corrected chi connectivity index (χ4v) is 2.99. The number of hydrogen-bond acceptors (Lipinski definition) is 2. The molecule has 1 unspecified atom stereocenters. The van der Waals surface area contributed by atoms with Gasteiger partial charge in [-0.25, -0.2) is 4.98 Å². The standard InChI is InChI=1S/C17H23N3/c1-11-8-13(3)14(9-12(11)2)16-10-19-17(20-16)15-6-4-5-7-18-15/h8-10,15,18H,4-7H2,1-3H3,(H,19,20). The molecule has 106 valence electrons. The molecular weight excluding hydrogens is 246 g/mol. The van der Waals surface area contributed by atoms with Gasteiger partial charge >= 0.3 is 0 Å². The van der Waals surface area contributed by atoms with Gasteiger partial charge in [-0.2, -0.15) is 0 Å². The predicted molar refractivity (Wildman–Crippen MR) is 82.8 cm³/mol. The number of imidazole rings is 1. The fourth-order valence-electron chi connectivity index (χ4n) is 2.99. The Morgan fingerprint density at radius 1 is 1.05 bits per heavy atom. The van der Waals surface area contributed by atoms with Crippen molar-refractivity contribution in [3.05, 3.63) is 40.8 Å². The van der Waals surface area contributed by atoms with Crippen molar-refractivity contribution in [3.8, 4) is 11.3 Å². The Balaban J connectivity index is 1.91. The van der Waals surface area contributed by atoms with Crippen LogP contribution in [0.1, 0.15) is 47.8 Å². The van der Waals surface area contributed by atoms with Crippen LogP contribution < -0.4 is 5.32 Å². The molecular formula is C17H23N3. The SMILES string of the molecule is Cc1cc(C)c(-c2cnc(C3CCCCN3)[nH]2)cc1C. The Kier molecular flexibility index (Phi) is 3.62. The van der Waals surface area contributed by atoms with E-state index in [-0.39, 0.29) is 0 Å². The predicted octanol–water partition coefficient (Wildman–Crippen LogP) is 3.82. The van der Waals surface area contributed by atoms with Gasteiger partial charge < -0.3 is 10.3 Å². The lowest BCUT2D eigenvalue weighted by molar-refractivity contribution is 0.399. The minimum absolute atomic E-state index is 0.393. The van der Waals surface area contributed by atoms with Gasteiger partial charge in [0.25, 0.3) is 0 Å². The summed E-state index contributed by atoms with van der Waals surface area (Å²) in [5, 5.41) is 3.54. The van der Waals surface area contributed by atoms with Crippen LogP contribution in [0.3, 0.4) is 0 Å². The minimum Gasteiger partial charge on any atom is -0.341 e. The summed E-state index contributed by atoms with van der Waals surface area (Å²) in [5.41, 5.74) is 6.38. The smallest absolute Gasteiger partial charge is 0.123 e. The van der Waals surface area contributed by atoms with E-state index in [1.807, 2.05) is 6.20 Å². The molecule has 3 nitrogen and oxygen atoms in total. The number of piperidine rings is 1. The summed E-state index contributed by atoms with van der Waals surface area (Å²) < 4.78 is 0. The normalized spacial score (nSPS) is 19.2. The molecule has 0 amide bonds. The van der Waals surface area contributed by atoms with Crippen LogP contribution in [-0.4, -0.2) is 16.5 Å². The monoisotopic (exact) mass is 269 g/mol.